The van der Waals surface area contributed by atoms with Crippen LogP contribution < -0.4 is 21.0 Å². The first-order valence-electron chi connectivity index (χ1n) is 10.7. The molecule has 1 amide bonds. The van der Waals surface area contributed by atoms with Crippen molar-refractivity contribution in [2.24, 2.45) is 5.92 Å². The normalized spacial score (nSPS) is 25.2. The number of hydrogen-bond donors (Lipinski definition) is 2. The molecule has 0 aliphatic carbocycles. The molecular formula is C24H32N2O2Si. The lowest BCUT2D eigenvalue weighted by Crippen LogP contribution is -2.70. The van der Waals surface area contributed by atoms with Crippen molar-refractivity contribution in [1.82, 2.24) is 10.6 Å². The zero-order valence-corrected chi connectivity index (χ0v) is 18.7. The lowest BCUT2D eigenvalue weighted by atomic mass is 9.83. The Morgan fingerprint density at radius 3 is 2.10 bits per heavy atom. The number of rotatable bonds is 4. The Morgan fingerprint density at radius 2 is 1.55 bits per heavy atom. The number of carbonyl (C=O) groups is 1. The second-order valence-corrected chi connectivity index (χ2v) is 13.6. The summed E-state index contributed by atoms with van der Waals surface area (Å²) in [6.45, 7) is 8.70. The molecule has 2 aliphatic heterocycles. The molecule has 2 saturated heterocycles. The Kier molecular flexibility index (Phi) is 5.64. The smallest absolute Gasteiger partial charge is 0.261 e. The minimum absolute atomic E-state index is 0.0536. The van der Waals surface area contributed by atoms with Crippen molar-refractivity contribution in [3.05, 3.63) is 60.7 Å². The number of piperidine rings is 2. The van der Waals surface area contributed by atoms with Crippen molar-refractivity contribution in [3.8, 4) is 0 Å². The summed E-state index contributed by atoms with van der Waals surface area (Å²) >= 11 is 0. The van der Waals surface area contributed by atoms with Gasteiger partial charge >= 0.3 is 0 Å². The molecule has 1 unspecified atom stereocenters. The van der Waals surface area contributed by atoms with E-state index in [1.807, 2.05) is 0 Å². The van der Waals surface area contributed by atoms with Gasteiger partial charge in [0.15, 0.2) is 0 Å². The zero-order chi connectivity index (χ0) is 20.5. The summed E-state index contributed by atoms with van der Waals surface area (Å²) in [5.41, 5.74) is 0. The van der Waals surface area contributed by atoms with E-state index in [1.165, 1.54) is 10.4 Å². The number of hydrogen-bond acceptors (Lipinski definition) is 3. The summed E-state index contributed by atoms with van der Waals surface area (Å²) in [6, 6.07) is 21.6. The number of amides is 1. The molecule has 2 aromatic carbocycles. The van der Waals surface area contributed by atoms with E-state index in [4.69, 9.17) is 4.43 Å². The minimum atomic E-state index is -2.64. The topological polar surface area (TPSA) is 50.4 Å². The van der Waals surface area contributed by atoms with E-state index in [0.717, 1.165) is 19.5 Å². The Bertz CT molecular complexity index is 795. The fraction of sp³-hybridized carbons (Fsp3) is 0.458. The van der Waals surface area contributed by atoms with Crippen LogP contribution >= 0.6 is 0 Å². The molecule has 3 atom stereocenters. The Balaban J connectivity index is 1.83. The molecule has 2 aromatic rings. The number of nitrogens with one attached hydrogen (secondary N) is 2. The predicted octanol–water partition coefficient (Wildman–Crippen LogP) is 2.43. The molecule has 4 nitrogen and oxygen atoms in total. The van der Waals surface area contributed by atoms with Crippen molar-refractivity contribution in [2.45, 2.75) is 50.8 Å². The molecular weight excluding hydrogens is 376 g/mol. The highest BCUT2D eigenvalue weighted by Gasteiger charge is 2.53. The van der Waals surface area contributed by atoms with E-state index in [1.54, 1.807) is 0 Å². The summed E-state index contributed by atoms with van der Waals surface area (Å²) in [5, 5.41) is 9.08. The van der Waals surface area contributed by atoms with Gasteiger partial charge in [0.25, 0.3) is 8.32 Å². The van der Waals surface area contributed by atoms with E-state index in [0.29, 0.717) is 12.3 Å². The fourth-order valence-electron chi connectivity index (χ4n) is 5.13. The van der Waals surface area contributed by atoms with Gasteiger partial charge in [0.2, 0.25) is 5.91 Å². The second kappa shape index (κ2) is 8.05. The molecule has 29 heavy (non-hydrogen) atoms. The van der Waals surface area contributed by atoms with E-state index >= 15 is 0 Å². The summed E-state index contributed by atoms with van der Waals surface area (Å²) in [4.78, 5) is 12.5. The zero-order valence-electron chi connectivity index (χ0n) is 17.7. The van der Waals surface area contributed by atoms with E-state index in [9.17, 15) is 4.79 Å². The molecule has 2 aliphatic rings. The summed E-state index contributed by atoms with van der Waals surface area (Å²) in [7, 11) is -2.64. The van der Waals surface area contributed by atoms with Crippen molar-refractivity contribution < 1.29 is 9.22 Å². The van der Waals surface area contributed by atoms with Crippen LogP contribution in [0.2, 0.25) is 5.04 Å². The summed E-state index contributed by atoms with van der Waals surface area (Å²) < 4.78 is 7.31. The quantitative estimate of drug-likeness (QED) is 0.764. The van der Waals surface area contributed by atoms with E-state index in [2.05, 4.69) is 92.1 Å². The van der Waals surface area contributed by atoms with E-state index in [-0.39, 0.29) is 23.1 Å². The highest BCUT2D eigenvalue weighted by Crippen LogP contribution is 2.40. The van der Waals surface area contributed by atoms with Gasteiger partial charge in [-0.1, -0.05) is 81.4 Å². The maximum absolute atomic E-state index is 12.5. The Morgan fingerprint density at radius 1 is 0.966 bits per heavy atom. The molecule has 0 aromatic heterocycles. The predicted molar refractivity (Wildman–Crippen MR) is 120 cm³/mol. The maximum atomic E-state index is 12.5. The van der Waals surface area contributed by atoms with Gasteiger partial charge in [0, 0.05) is 18.5 Å². The summed E-state index contributed by atoms with van der Waals surface area (Å²) in [5.74, 6) is 0.466. The first-order chi connectivity index (χ1) is 13.9. The maximum Gasteiger partial charge on any atom is 0.261 e. The third-order valence-corrected chi connectivity index (χ3v) is 11.6. The minimum Gasteiger partial charge on any atom is -0.404 e. The van der Waals surface area contributed by atoms with E-state index < -0.39 is 8.32 Å². The average Bonchev–Trinajstić information content (AvgIpc) is 2.72. The van der Waals surface area contributed by atoms with Crippen LogP contribution in [0.15, 0.2) is 60.7 Å². The highest BCUT2D eigenvalue weighted by molar-refractivity contribution is 6.99. The molecule has 154 valence electrons. The molecule has 0 radical (unpaired) electrons. The van der Waals surface area contributed by atoms with Gasteiger partial charge in [-0.05, 0) is 28.4 Å². The first kappa shape index (κ1) is 20.3. The van der Waals surface area contributed by atoms with Crippen LogP contribution in [0.3, 0.4) is 0 Å². The van der Waals surface area contributed by atoms with Crippen LogP contribution in [0.4, 0.5) is 0 Å². The monoisotopic (exact) mass is 408 g/mol. The van der Waals surface area contributed by atoms with Crippen LogP contribution in [-0.2, 0) is 9.22 Å². The SMILES string of the molecule is CC(C)(C)[Si](OC1CC(=O)N[C@@H]2CNCC[C@H]12)(c1ccccc1)c1ccccc1. The average molecular weight is 409 g/mol. The van der Waals surface area contributed by atoms with Crippen LogP contribution in [0.25, 0.3) is 0 Å². The molecule has 5 heteroatoms. The number of carbonyl (C=O) groups excluding carboxylic acids is 1. The van der Waals surface area contributed by atoms with Gasteiger partial charge < -0.3 is 15.1 Å². The third-order valence-electron chi connectivity index (χ3n) is 6.49. The van der Waals surface area contributed by atoms with Crippen LogP contribution in [0, 0.1) is 5.92 Å². The highest BCUT2D eigenvalue weighted by atomic mass is 28.4. The first-order valence-corrected chi connectivity index (χ1v) is 12.6. The third kappa shape index (κ3) is 3.79. The standard InChI is InChI=1S/C24H32N2O2Si/c1-24(2,3)29(18-10-6-4-7-11-18,19-12-8-5-9-13-19)28-22-16-23(27)26-21-17-25-15-14-20(21)22/h4-13,20-22,25H,14-17H2,1-3H3,(H,26,27)/t20-,21+,22?/m0/s1. The van der Waals surface area contributed by atoms with Crippen molar-refractivity contribution >= 4 is 24.6 Å². The van der Waals surface area contributed by atoms with Gasteiger partial charge in [-0.25, -0.2) is 0 Å². The molecule has 0 bridgehead atoms. The second-order valence-electron chi connectivity index (χ2n) is 9.35. The van der Waals surface area contributed by atoms with Gasteiger partial charge in [0.1, 0.15) is 0 Å². The summed E-state index contributed by atoms with van der Waals surface area (Å²) in [6.07, 6.45) is 1.43. The van der Waals surface area contributed by atoms with Crippen LogP contribution in [-0.4, -0.2) is 39.5 Å². The Labute approximate surface area is 175 Å². The van der Waals surface area contributed by atoms with Crippen molar-refractivity contribution in [2.75, 3.05) is 13.1 Å². The lowest BCUT2D eigenvalue weighted by Gasteiger charge is -2.49. The van der Waals surface area contributed by atoms with Gasteiger partial charge in [-0.15, -0.1) is 0 Å². The van der Waals surface area contributed by atoms with Crippen LogP contribution in [0.1, 0.15) is 33.6 Å². The van der Waals surface area contributed by atoms with Crippen LogP contribution in [0.5, 0.6) is 0 Å². The molecule has 2 fully saturated rings. The van der Waals surface area contributed by atoms with Crippen molar-refractivity contribution in [3.63, 3.8) is 0 Å². The molecule has 2 N–H and O–H groups in total. The number of benzene rings is 2. The largest absolute Gasteiger partial charge is 0.404 e. The molecule has 4 rings (SSSR count). The molecule has 0 spiro atoms. The van der Waals surface area contributed by atoms with Crippen molar-refractivity contribution in [1.29, 1.82) is 0 Å². The van der Waals surface area contributed by atoms with Gasteiger partial charge in [-0.3, -0.25) is 4.79 Å². The molecule has 0 saturated carbocycles. The molecule has 2 heterocycles. The van der Waals surface area contributed by atoms with Gasteiger partial charge in [-0.2, -0.15) is 0 Å². The number of fused-ring (bicyclic) bond motifs is 1. The lowest BCUT2D eigenvalue weighted by molar-refractivity contribution is -0.129. The Hall–Kier alpha value is -1.95. The van der Waals surface area contributed by atoms with Gasteiger partial charge in [0.05, 0.1) is 12.5 Å². The fourth-order valence-corrected chi connectivity index (χ4v) is 9.86.